The first kappa shape index (κ1) is 16.9. The Hall–Kier alpha value is -1.87. The van der Waals surface area contributed by atoms with Gasteiger partial charge in [-0.2, -0.15) is 0 Å². The maximum atomic E-state index is 4.89. The number of benzene rings is 1. The Morgan fingerprint density at radius 1 is 0.966 bits per heavy atom. The Labute approximate surface area is 177 Å². The van der Waals surface area contributed by atoms with Crippen LogP contribution in [0.15, 0.2) is 42.6 Å². The zero-order valence-corrected chi connectivity index (χ0v) is 18.1. The highest BCUT2D eigenvalue weighted by Crippen LogP contribution is 2.70. The van der Waals surface area contributed by atoms with Crippen LogP contribution >= 0.6 is 11.3 Å². The van der Waals surface area contributed by atoms with Crippen molar-refractivity contribution < 1.29 is 0 Å². The van der Waals surface area contributed by atoms with Gasteiger partial charge in [-0.25, -0.2) is 0 Å². The van der Waals surface area contributed by atoms with Gasteiger partial charge in [0.25, 0.3) is 0 Å². The molecule has 3 aromatic rings. The lowest BCUT2D eigenvalue weighted by molar-refractivity contribution is -0.0588. The van der Waals surface area contributed by atoms with Gasteiger partial charge in [0, 0.05) is 22.3 Å². The fraction of sp³-hybridized carbons (Fsp3) is 0.500. The third-order valence-electron chi connectivity index (χ3n) is 8.81. The molecule has 0 amide bonds. The summed E-state index contributed by atoms with van der Waals surface area (Å²) >= 11 is 2.07. The zero-order chi connectivity index (χ0) is 19.3. The van der Waals surface area contributed by atoms with Crippen molar-refractivity contribution in [1.29, 1.82) is 0 Å². The van der Waals surface area contributed by atoms with E-state index in [1.807, 2.05) is 6.20 Å². The number of hydrogen-bond donors (Lipinski definition) is 0. The molecule has 0 radical (unpaired) electrons. The molecule has 2 nitrogen and oxygen atoms in total. The van der Waals surface area contributed by atoms with Gasteiger partial charge >= 0.3 is 0 Å². The molecule has 0 N–H and O–H groups in total. The molecule has 3 heteroatoms. The first-order valence-electron chi connectivity index (χ1n) is 11.4. The van der Waals surface area contributed by atoms with Crippen LogP contribution in [0.25, 0.3) is 10.2 Å². The summed E-state index contributed by atoms with van der Waals surface area (Å²) in [7, 11) is 0. The van der Waals surface area contributed by atoms with E-state index < -0.39 is 0 Å². The summed E-state index contributed by atoms with van der Waals surface area (Å²) < 4.78 is 1.39. The molecule has 1 atom stereocenters. The SMILES string of the molecule is Cc1ccccc1N1C(C)c2c(sc3cccnc23)C12C1CC3CC(C1)CC2C3. The van der Waals surface area contributed by atoms with Gasteiger partial charge in [-0.15, -0.1) is 11.3 Å². The van der Waals surface area contributed by atoms with Gasteiger partial charge in [-0.1, -0.05) is 18.2 Å². The van der Waals surface area contributed by atoms with E-state index in [-0.39, 0.29) is 5.54 Å². The molecule has 1 aliphatic heterocycles. The minimum Gasteiger partial charge on any atom is -0.353 e. The van der Waals surface area contributed by atoms with E-state index in [9.17, 15) is 0 Å². The Morgan fingerprint density at radius 3 is 2.41 bits per heavy atom. The molecule has 29 heavy (non-hydrogen) atoms. The molecule has 3 heterocycles. The number of nitrogens with zero attached hydrogens (tertiary/aromatic N) is 2. The Morgan fingerprint density at radius 2 is 1.69 bits per heavy atom. The number of fused-ring (bicyclic) bond motifs is 3. The van der Waals surface area contributed by atoms with Gasteiger partial charge in [-0.3, -0.25) is 4.98 Å². The second-order valence-electron chi connectivity index (χ2n) is 10.2. The van der Waals surface area contributed by atoms with E-state index >= 15 is 0 Å². The van der Waals surface area contributed by atoms with E-state index in [4.69, 9.17) is 4.98 Å². The molecular weight excluding hydrogens is 372 g/mol. The van der Waals surface area contributed by atoms with Crippen molar-refractivity contribution in [2.75, 3.05) is 4.90 Å². The molecule has 4 aliphatic carbocycles. The lowest BCUT2D eigenvalue weighted by Crippen LogP contribution is -2.62. The largest absolute Gasteiger partial charge is 0.353 e. The van der Waals surface area contributed by atoms with Crippen LogP contribution in [-0.2, 0) is 5.54 Å². The second-order valence-corrected chi connectivity index (χ2v) is 11.2. The summed E-state index contributed by atoms with van der Waals surface area (Å²) in [6.07, 6.45) is 9.23. The Kier molecular flexibility index (Phi) is 3.28. The van der Waals surface area contributed by atoms with Crippen LogP contribution in [0.3, 0.4) is 0 Å². The van der Waals surface area contributed by atoms with Crippen molar-refractivity contribution in [1.82, 2.24) is 4.98 Å². The molecule has 148 valence electrons. The molecule has 2 aromatic heterocycles. The zero-order valence-electron chi connectivity index (χ0n) is 17.3. The van der Waals surface area contributed by atoms with Crippen molar-refractivity contribution in [3.05, 3.63) is 58.6 Å². The summed E-state index contributed by atoms with van der Waals surface area (Å²) in [6, 6.07) is 13.9. The third-order valence-corrected chi connectivity index (χ3v) is 10.1. The first-order chi connectivity index (χ1) is 14.2. The minimum absolute atomic E-state index is 0.194. The molecule has 1 unspecified atom stereocenters. The van der Waals surface area contributed by atoms with Crippen LogP contribution in [-0.4, -0.2) is 4.98 Å². The normalized spacial score (nSPS) is 37.0. The Balaban J connectivity index is 1.54. The lowest BCUT2D eigenvalue weighted by Gasteiger charge is -2.63. The molecule has 1 aromatic carbocycles. The minimum atomic E-state index is 0.194. The van der Waals surface area contributed by atoms with Crippen LogP contribution in [0.4, 0.5) is 5.69 Å². The van der Waals surface area contributed by atoms with Gasteiger partial charge in [0.2, 0.25) is 0 Å². The molecule has 5 aliphatic rings. The van der Waals surface area contributed by atoms with Crippen molar-refractivity contribution in [3.63, 3.8) is 0 Å². The van der Waals surface area contributed by atoms with Crippen LogP contribution in [0.5, 0.6) is 0 Å². The number of hydrogen-bond acceptors (Lipinski definition) is 3. The number of aromatic nitrogens is 1. The predicted molar refractivity (Wildman–Crippen MR) is 120 cm³/mol. The average molecular weight is 401 g/mol. The van der Waals surface area contributed by atoms with E-state index in [0.29, 0.717) is 6.04 Å². The number of para-hydroxylation sites is 1. The number of aryl methyl sites for hydroxylation is 1. The lowest BCUT2D eigenvalue weighted by atomic mass is 9.48. The molecule has 8 rings (SSSR count). The van der Waals surface area contributed by atoms with Gasteiger partial charge < -0.3 is 4.90 Å². The van der Waals surface area contributed by atoms with E-state index in [1.165, 1.54) is 53.6 Å². The standard InChI is InChI=1S/C26H28N2S/c1-15-6-3-4-7-21(15)28-16(2)23-24-22(8-5-9-27-24)29-25(23)26(28)19-11-17-10-18(13-19)14-20(26)12-17/h3-9,16-20H,10-14H2,1-2H3. The van der Waals surface area contributed by atoms with Crippen molar-refractivity contribution >= 4 is 27.2 Å². The van der Waals surface area contributed by atoms with Gasteiger partial charge in [0.1, 0.15) is 0 Å². The number of rotatable bonds is 1. The summed E-state index contributed by atoms with van der Waals surface area (Å²) in [6.45, 7) is 4.75. The maximum Gasteiger partial charge on any atom is 0.0866 e. The number of anilines is 1. The van der Waals surface area contributed by atoms with E-state index in [0.717, 1.165) is 23.7 Å². The summed E-state index contributed by atoms with van der Waals surface area (Å²) in [5.41, 5.74) is 5.88. The fourth-order valence-electron chi connectivity index (χ4n) is 8.10. The first-order valence-corrected chi connectivity index (χ1v) is 12.2. The summed E-state index contributed by atoms with van der Waals surface area (Å²) in [5.74, 6) is 3.56. The second kappa shape index (κ2) is 5.63. The van der Waals surface area contributed by atoms with Crippen LogP contribution in [0, 0.1) is 30.6 Å². The fourth-order valence-corrected chi connectivity index (χ4v) is 9.70. The topological polar surface area (TPSA) is 16.1 Å². The molecule has 4 saturated carbocycles. The van der Waals surface area contributed by atoms with E-state index in [1.54, 1.807) is 10.4 Å². The number of pyridine rings is 1. The van der Waals surface area contributed by atoms with Crippen molar-refractivity contribution in [3.8, 4) is 0 Å². The van der Waals surface area contributed by atoms with Crippen LogP contribution < -0.4 is 4.90 Å². The highest BCUT2D eigenvalue weighted by Gasteiger charge is 2.65. The molecule has 1 spiro atoms. The smallest absolute Gasteiger partial charge is 0.0866 e. The quantitative estimate of drug-likeness (QED) is 0.445. The van der Waals surface area contributed by atoms with Crippen molar-refractivity contribution in [2.24, 2.45) is 23.7 Å². The van der Waals surface area contributed by atoms with Gasteiger partial charge in [0.15, 0.2) is 0 Å². The average Bonchev–Trinajstić information content (AvgIpc) is 3.21. The third kappa shape index (κ3) is 1.96. The Bertz CT molecular complexity index is 1100. The van der Waals surface area contributed by atoms with Gasteiger partial charge in [-0.05, 0) is 93.4 Å². The van der Waals surface area contributed by atoms with Gasteiger partial charge in [0.05, 0.1) is 21.8 Å². The maximum absolute atomic E-state index is 4.89. The highest BCUT2D eigenvalue weighted by atomic mass is 32.1. The van der Waals surface area contributed by atoms with Crippen LogP contribution in [0.2, 0.25) is 0 Å². The van der Waals surface area contributed by atoms with Crippen molar-refractivity contribution in [2.45, 2.75) is 57.5 Å². The highest BCUT2D eigenvalue weighted by molar-refractivity contribution is 7.19. The van der Waals surface area contributed by atoms with Crippen LogP contribution in [0.1, 0.15) is 61.1 Å². The molecule has 4 bridgehead atoms. The summed E-state index contributed by atoms with van der Waals surface area (Å²) in [4.78, 5) is 9.46. The predicted octanol–water partition coefficient (Wildman–Crippen LogP) is 6.84. The summed E-state index contributed by atoms with van der Waals surface area (Å²) in [5, 5.41) is 0. The molecule has 0 saturated heterocycles. The monoisotopic (exact) mass is 400 g/mol. The molecular formula is C26H28N2S. The molecule has 4 fully saturated rings. The number of thiophene rings is 1. The van der Waals surface area contributed by atoms with E-state index in [2.05, 4.69) is 66.5 Å².